The molecule has 4 atom stereocenters. The summed E-state index contributed by atoms with van der Waals surface area (Å²) in [6, 6.07) is 0. The highest BCUT2D eigenvalue weighted by Crippen LogP contribution is 2.36. The van der Waals surface area contributed by atoms with Crippen molar-refractivity contribution in [3.05, 3.63) is 60.8 Å². The molecule has 30 heavy (non-hydrogen) atoms. The molecule has 3 rings (SSSR count). The number of rotatable bonds is 0. The molecule has 0 spiro atoms. The lowest BCUT2D eigenvalue weighted by molar-refractivity contribution is -0.137. The van der Waals surface area contributed by atoms with E-state index in [9.17, 15) is 4.79 Å². The first kappa shape index (κ1) is 22.8. The van der Waals surface area contributed by atoms with Gasteiger partial charge >= 0.3 is 5.97 Å². The predicted molar refractivity (Wildman–Crippen MR) is 120 cm³/mol. The third-order valence-corrected chi connectivity index (χ3v) is 5.93. The topological polar surface area (TPSA) is 48.1 Å². The van der Waals surface area contributed by atoms with Crippen molar-refractivity contribution in [1.82, 2.24) is 0 Å². The van der Waals surface area contributed by atoms with Crippen LogP contribution in [0, 0.1) is 0 Å². The second-order valence-electron chi connectivity index (χ2n) is 8.63. The lowest BCUT2D eigenvalue weighted by Crippen LogP contribution is -2.38. The Bertz CT molecular complexity index is 687. The van der Waals surface area contributed by atoms with Crippen LogP contribution >= 0.6 is 0 Å². The number of hydrogen-bond acceptors (Lipinski definition) is 4. The smallest absolute Gasteiger partial charge is 0.330 e. The van der Waals surface area contributed by atoms with Gasteiger partial charge in [0.05, 0.1) is 24.4 Å². The molecule has 0 aromatic rings. The second kappa shape index (κ2) is 12.1. The van der Waals surface area contributed by atoms with Gasteiger partial charge in [-0.15, -0.1) is 0 Å². The van der Waals surface area contributed by atoms with Crippen LogP contribution in [0.5, 0.6) is 0 Å². The predicted octanol–water partition coefficient (Wildman–Crippen LogP) is 5.76. The maximum atomic E-state index is 11.8. The first-order valence-electron chi connectivity index (χ1n) is 11.5. The Morgan fingerprint density at radius 1 is 0.900 bits per heavy atom. The monoisotopic (exact) mass is 412 g/mol. The summed E-state index contributed by atoms with van der Waals surface area (Å²) in [4.78, 5) is 11.8. The maximum absolute atomic E-state index is 11.8. The van der Waals surface area contributed by atoms with E-state index in [-0.39, 0.29) is 23.8 Å². The number of fused-ring (bicyclic) bond motifs is 3. The molecule has 2 saturated heterocycles. The van der Waals surface area contributed by atoms with Crippen molar-refractivity contribution in [3.63, 3.8) is 0 Å². The van der Waals surface area contributed by atoms with Crippen LogP contribution in [0.2, 0.25) is 0 Å². The third kappa shape index (κ3) is 8.45. The molecule has 0 aromatic carbocycles. The van der Waals surface area contributed by atoms with Gasteiger partial charge in [0.2, 0.25) is 0 Å². The first-order chi connectivity index (χ1) is 14.6. The van der Waals surface area contributed by atoms with Gasteiger partial charge < -0.3 is 14.2 Å². The zero-order valence-corrected chi connectivity index (χ0v) is 18.2. The molecule has 3 aliphatic rings. The van der Waals surface area contributed by atoms with Crippen molar-refractivity contribution < 1.29 is 19.0 Å². The fourth-order valence-corrected chi connectivity index (χ4v) is 4.18. The van der Waals surface area contributed by atoms with Crippen LogP contribution in [0.1, 0.15) is 64.7 Å². The fraction of sp³-hybridized carbons (Fsp3) is 0.577. The summed E-state index contributed by atoms with van der Waals surface area (Å²) in [6.07, 6.45) is 29.9. The molecule has 0 amide bonds. The molecule has 0 radical (unpaired) electrons. The van der Waals surface area contributed by atoms with Gasteiger partial charge in [0.15, 0.2) is 0 Å². The van der Waals surface area contributed by atoms with E-state index in [1.165, 1.54) is 18.9 Å². The van der Waals surface area contributed by atoms with Crippen LogP contribution < -0.4 is 0 Å². The van der Waals surface area contributed by atoms with Crippen molar-refractivity contribution >= 4 is 5.97 Å². The van der Waals surface area contributed by atoms with Gasteiger partial charge in [-0.2, -0.15) is 0 Å². The highest BCUT2D eigenvalue weighted by atomic mass is 16.6. The van der Waals surface area contributed by atoms with E-state index in [4.69, 9.17) is 14.2 Å². The van der Waals surface area contributed by atoms with Crippen LogP contribution in [0.25, 0.3) is 0 Å². The van der Waals surface area contributed by atoms with Crippen molar-refractivity contribution in [2.75, 3.05) is 6.61 Å². The van der Waals surface area contributed by atoms with Gasteiger partial charge in [-0.1, -0.05) is 48.6 Å². The van der Waals surface area contributed by atoms with Gasteiger partial charge in [-0.25, -0.2) is 4.79 Å². The Morgan fingerprint density at radius 2 is 1.60 bits per heavy atom. The van der Waals surface area contributed by atoms with E-state index in [1.807, 2.05) is 36.5 Å². The zero-order chi connectivity index (χ0) is 21.1. The molecule has 164 valence electrons. The van der Waals surface area contributed by atoms with Crippen LogP contribution in [-0.2, 0) is 19.0 Å². The molecule has 0 aliphatic carbocycles. The number of epoxide rings is 1. The Balaban J connectivity index is 1.53. The molecular weight excluding hydrogens is 376 g/mol. The van der Waals surface area contributed by atoms with Crippen molar-refractivity contribution in [2.45, 2.75) is 88.6 Å². The molecule has 4 nitrogen and oxygen atoms in total. The van der Waals surface area contributed by atoms with Gasteiger partial charge in [-0.05, 0) is 70.8 Å². The van der Waals surface area contributed by atoms with E-state index in [0.29, 0.717) is 19.1 Å². The third-order valence-electron chi connectivity index (χ3n) is 5.93. The molecule has 2 bridgehead atoms. The second-order valence-corrected chi connectivity index (χ2v) is 8.63. The van der Waals surface area contributed by atoms with Gasteiger partial charge in [-0.3, -0.25) is 0 Å². The summed E-state index contributed by atoms with van der Waals surface area (Å²) in [5, 5.41) is 0. The number of carbonyl (C=O) groups is 1. The fourth-order valence-electron chi connectivity index (χ4n) is 4.18. The molecular formula is C26H36O4. The molecule has 2 fully saturated rings. The Kier molecular flexibility index (Phi) is 9.16. The zero-order valence-electron chi connectivity index (χ0n) is 18.2. The molecule has 4 unspecified atom stereocenters. The van der Waals surface area contributed by atoms with E-state index < -0.39 is 0 Å². The summed E-state index contributed by atoms with van der Waals surface area (Å²) in [7, 11) is 0. The van der Waals surface area contributed by atoms with Gasteiger partial charge in [0.25, 0.3) is 0 Å². The van der Waals surface area contributed by atoms with Crippen molar-refractivity contribution in [2.24, 2.45) is 0 Å². The van der Waals surface area contributed by atoms with E-state index in [0.717, 1.165) is 38.5 Å². The van der Waals surface area contributed by atoms with Gasteiger partial charge in [0.1, 0.15) is 6.10 Å². The van der Waals surface area contributed by atoms with Crippen molar-refractivity contribution in [3.8, 4) is 0 Å². The summed E-state index contributed by atoms with van der Waals surface area (Å²) < 4.78 is 17.4. The Labute approximate surface area is 181 Å². The maximum Gasteiger partial charge on any atom is 0.330 e. The molecule has 0 N–H and O–H groups in total. The number of hydrogen-bond donors (Lipinski definition) is 0. The number of esters is 1. The molecule has 4 heteroatoms. The Morgan fingerprint density at radius 3 is 2.40 bits per heavy atom. The van der Waals surface area contributed by atoms with Crippen LogP contribution in [0.15, 0.2) is 60.8 Å². The highest BCUT2D eigenvalue weighted by molar-refractivity contribution is 5.82. The molecule has 3 aliphatic heterocycles. The number of ether oxygens (including phenoxy) is 3. The number of cyclic esters (lactones) is 1. The summed E-state index contributed by atoms with van der Waals surface area (Å²) >= 11 is 0. The molecule has 3 heterocycles. The summed E-state index contributed by atoms with van der Waals surface area (Å²) in [5.74, 6) is -0.300. The minimum absolute atomic E-state index is 0.0113. The van der Waals surface area contributed by atoms with Crippen molar-refractivity contribution in [1.29, 1.82) is 0 Å². The van der Waals surface area contributed by atoms with E-state index in [2.05, 4.69) is 25.2 Å². The average Bonchev–Trinajstić information content (AvgIpc) is 3.47. The lowest BCUT2D eigenvalue weighted by Gasteiger charge is -2.39. The van der Waals surface area contributed by atoms with Crippen LogP contribution in [-0.4, -0.2) is 36.5 Å². The first-order valence-corrected chi connectivity index (χ1v) is 11.5. The van der Waals surface area contributed by atoms with E-state index >= 15 is 0 Å². The van der Waals surface area contributed by atoms with Crippen LogP contribution in [0.4, 0.5) is 0 Å². The summed E-state index contributed by atoms with van der Waals surface area (Å²) in [6.45, 7) is 2.66. The van der Waals surface area contributed by atoms with E-state index in [1.54, 1.807) is 0 Å². The normalized spacial score (nSPS) is 39.4. The van der Waals surface area contributed by atoms with Crippen LogP contribution in [0.3, 0.4) is 0 Å². The Hall–Kier alpha value is -1.91. The highest BCUT2D eigenvalue weighted by Gasteiger charge is 2.37. The number of carbonyl (C=O) groups excluding carboxylic acids is 1. The minimum Gasteiger partial charge on any atom is -0.462 e. The average molecular weight is 413 g/mol. The largest absolute Gasteiger partial charge is 0.462 e. The quantitative estimate of drug-likeness (QED) is 0.375. The summed E-state index contributed by atoms with van der Waals surface area (Å²) in [5.41, 5.74) is -0.0113. The lowest BCUT2D eigenvalue weighted by atomic mass is 9.87. The minimum atomic E-state index is -0.300. The number of allylic oxidation sites excluding steroid dienone is 7. The SMILES string of the molecule is CC12CCCC(CC\C=C/C=C\C=C/C=C\CCOC(=O)/C=C\C3OC3CCC1)O2. The van der Waals surface area contributed by atoms with Gasteiger partial charge in [0, 0.05) is 6.08 Å². The molecule has 0 aromatic heterocycles. The standard InChI is InChI=1S/C26H36O4/c1-26-19-12-15-22(30-26)14-10-8-6-4-2-3-5-7-9-11-21-28-25(27)18-17-24-23(29-24)16-13-20-26/h2-9,17-18,22-24H,10-16,19-21H2,1H3/b4-2-,5-3-,8-6-,9-7-,18-17-. The molecule has 0 saturated carbocycles.